The van der Waals surface area contributed by atoms with E-state index in [1.165, 1.54) is 0 Å². The number of halogens is 2. The van der Waals surface area contributed by atoms with Gasteiger partial charge in [-0.15, -0.1) is 0 Å². The van der Waals surface area contributed by atoms with Gasteiger partial charge in [-0.25, -0.2) is 0 Å². The Morgan fingerprint density at radius 2 is 1.75 bits per heavy atom. The summed E-state index contributed by atoms with van der Waals surface area (Å²) in [5.74, 6) is 2.47. The number of hydrogen-bond donors (Lipinski definition) is 1. The molecule has 0 saturated carbocycles. The molecular formula is C18H21Br2NO3. The largest absolute Gasteiger partial charge is 0.497 e. The number of nitrogens with one attached hydrogen (secondary N) is 1. The first kappa shape index (κ1) is 19.1. The van der Waals surface area contributed by atoms with Crippen molar-refractivity contribution in [1.29, 1.82) is 0 Å². The number of ether oxygens (including phenoxy) is 3. The zero-order valence-corrected chi connectivity index (χ0v) is 17.3. The normalized spacial score (nSPS) is 11.9. The maximum atomic E-state index is 5.50. The quantitative estimate of drug-likeness (QED) is 0.627. The summed E-state index contributed by atoms with van der Waals surface area (Å²) in [5.41, 5.74) is 2.11. The van der Waals surface area contributed by atoms with E-state index >= 15 is 0 Å². The predicted molar refractivity (Wildman–Crippen MR) is 103 cm³/mol. The second kappa shape index (κ2) is 8.74. The third-order valence-electron chi connectivity index (χ3n) is 3.79. The van der Waals surface area contributed by atoms with Crippen LogP contribution in [0.15, 0.2) is 39.3 Å². The number of hydrogen-bond acceptors (Lipinski definition) is 4. The molecule has 0 amide bonds. The van der Waals surface area contributed by atoms with Crippen LogP contribution in [0.5, 0.6) is 17.2 Å². The summed E-state index contributed by atoms with van der Waals surface area (Å²) >= 11 is 7.05. The Labute approximate surface area is 159 Å². The molecule has 0 aliphatic carbocycles. The van der Waals surface area contributed by atoms with Crippen molar-refractivity contribution >= 4 is 31.9 Å². The van der Waals surface area contributed by atoms with Gasteiger partial charge in [-0.1, -0.05) is 15.9 Å². The minimum atomic E-state index is 0.0810. The molecule has 0 aliphatic heterocycles. The molecule has 2 aromatic rings. The molecule has 0 radical (unpaired) electrons. The second-order valence-corrected chi connectivity index (χ2v) is 7.06. The highest BCUT2D eigenvalue weighted by Gasteiger charge is 2.15. The summed E-state index contributed by atoms with van der Waals surface area (Å²) in [6.45, 7) is 2.75. The molecule has 0 saturated heterocycles. The average Bonchev–Trinajstić information content (AvgIpc) is 2.58. The molecule has 130 valence electrons. The maximum absolute atomic E-state index is 5.50. The van der Waals surface area contributed by atoms with Crippen molar-refractivity contribution in [1.82, 2.24) is 5.32 Å². The third kappa shape index (κ3) is 4.43. The van der Waals surface area contributed by atoms with Gasteiger partial charge >= 0.3 is 0 Å². The Kier molecular flexibility index (Phi) is 6.95. The SMILES string of the molecule is COc1ccc(OC)c(C(C)NCc2cc(Br)cc(Br)c2OC)c1. The van der Waals surface area contributed by atoms with Crippen molar-refractivity contribution in [2.24, 2.45) is 0 Å². The number of methoxy groups -OCH3 is 3. The van der Waals surface area contributed by atoms with Gasteiger partial charge in [0.1, 0.15) is 17.2 Å². The Balaban J connectivity index is 2.21. The molecule has 0 fully saturated rings. The Morgan fingerprint density at radius 1 is 1.00 bits per heavy atom. The molecule has 1 unspecified atom stereocenters. The average molecular weight is 459 g/mol. The van der Waals surface area contributed by atoms with E-state index in [1.54, 1.807) is 21.3 Å². The fourth-order valence-electron chi connectivity index (χ4n) is 2.52. The van der Waals surface area contributed by atoms with Crippen LogP contribution in [-0.2, 0) is 6.54 Å². The van der Waals surface area contributed by atoms with Crippen molar-refractivity contribution in [2.45, 2.75) is 19.5 Å². The van der Waals surface area contributed by atoms with E-state index in [2.05, 4.69) is 44.1 Å². The fraction of sp³-hybridized carbons (Fsp3) is 0.333. The van der Waals surface area contributed by atoms with E-state index in [-0.39, 0.29) is 6.04 Å². The van der Waals surface area contributed by atoms with Crippen molar-refractivity contribution in [3.63, 3.8) is 0 Å². The smallest absolute Gasteiger partial charge is 0.137 e. The third-order valence-corrected chi connectivity index (χ3v) is 4.84. The van der Waals surface area contributed by atoms with Crippen LogP contribution >= 0.6 is 31.9 Å². The van der Waals surface area contributed by atoms with Gasteiger partial charge in [-0.3, -0.25) is 0 Å². The van der Waals surface area contributed by atoms with Crippen LogP contribution < -0.4 is 19.5 Å². The van der Waals surface area contributed by atoms with Crippen LogP contribution in [0.25, 0.3) is 0 Å². The summed E-state index contributed by atoms with van der Waals surface area (Å²) in [7, 11) is 5.01. The molecule has 0 spiro atoms. The van der Waals surface area contributed by atoms with E-state index in [0.717, 1.165) is 37.3 Å². The lowest BCUT2D eigenvalue weighted by molar-refractivity contribution is 0.389. The second-order valence-electron chi connectivity index (χ2n) is 5.29. The maximum Gasteiger partial charge on any atom is 0.137 e. The lowest BCUT2D eigenvalue weighted by Crippen LogP contribution is -2.19. The summed E-state index contributed by atoms with van der Waals surface area (Å²) in [6, 6.07) is 9.90. The van der Waals surface area contributed by atoms with Crippen LogP contribution in [0.2, 0.25) is 0 Å². The number of benzene rings is 2. The standard InChI is InChI=1S/C18H21Br2NO3/c1-11(15-9-14(22-2)5-6-17(15)23-3)21-10-12-7-13(19)8-16(20)18(12)24-4/h5-9,11,21H,10H2,1-4H3. The van der Waals surface area contributed by atoms with E-state index in [4.69, 9.17) is 14.2 Å². The van der Waals surface area contributed by atoms with Gasteiger partial charge in [0.2, 0.25) is 0 Å². The minimum absolute atomic E-state index is 0.0810. The first-order chi connectivity index (χ1) is 11.5. The van der Waals surface area contributed by atoms with Crippen LogP contribution in [0, 0.1) is 0 Å². The van der Waals surface area contributed by atoms with Crippen molar-refractivity contribution in [3.8, 4) is 17.2 Å². The van der Waals surface area contributed by atoms with Gasteiger partial charge < -0.3 is 19.5 Å². The Bertz CT molecular complexity index is 707. The predicted octanol–water partition coefficient (Wildman–Crippen LogP) is 5.09. The van der Waals surface area contributed by atoms with Crippen LogP contribution in [0.3, 0.4) is 0 Å². The molecule has 2 rings (SSSR count). The highest BCUT2D eigenvalue weighted by molar-refractivity contribution is 9.11. The summed E-state index contributed by atoms with van der Waals surface area (Å²) in [5, 5.41) is 3.51. The van der Waals surface area contributed by atoms with E-state index in [0.29, 0.717) is 6.54 Å². The Hall–Kier alpha value is -1.24. The first-order valence-corrected chi connectivity index (χ1v) is 9.06. The van der Waals surface area contributed by atoms with Crippen molar-refractivity contribution in [2.75, 3.05) is 21.3 Å². The molecule has 24 heavy (non-hydrogen) atoms. The van der Waals surface area contributed by atoms with Crippen LogP contribution in [0.4, 0.5) is 0 Å². The van der Waals surface area contributed by atoms with E-state index in [9.17, 15) is 0 Å². The molecule has 1 N–H and O–H groups in total. The highest BCUT2D eigenvalue weighted by atomic mass is 79.9. The van der Waals surface area contributed by atoms with Gasteiger partial charge in [-0.2, -0.15) is 0 Å². The topological polar surface area (TPSA) is 39.7 Å². The van der Waals surface area contributed by atoms with Gasteiger partial charge in [-0.05, 0) is 53.2 Å². The molecule has 0 bridgehead atoms. The zero-order valence-electron chi connectivity index (χ0n) is 14.2. The molecule has 1 atom stereocenters. The molecule has 0 aromatic heterocycles. The van der Waals surface area contributed by atoms with Gasteiger partial charge in [0.05, 0.1) is 25.8 Å². The van der Waals surface area contributed by atoms with E-state index < -0.39 is 0 Å². The monoisotopic (exact) mass is 457 g/mol. The summed E-state index contributed by atoms with van der Waals surface area (Å²) in [4.78, 5) is 0. The summed E-state index contributed by atoms with van der Waals surface area (Å²) < 4.78 is 18.2. The molecule has 4 nitrogen and oxygen atoms in total. The van der Waals surface area contributed by atoms with Crippen molar-refractivity contribution in [3.05, 3.63) is 50.4 Å². The lowest BCUT2D eigenvalue weighted by Gasteiger charge is -2.19. The lowest BCUT2D eigenvalue weighted by atomic mass is 10.1. The number of rotatable bonds is 7. The van der Waals surface area contributed by atoms with Crippen LogP contribution in [0.1, 0.15) is 24.1 Å². The first-order valence-electron chi connectivity index (χ1n) is 7.47. The van der Waals surface area contributed by atoms with Gasteiger partial charge in [0, 0.05) is 28.2 Å². The van der Waals surface area contributed by atoms with Crippen LogP contribution in [-0.4, -0.2) is 21.3 Å². The van der Waals surface area contributed by atoms with E-state index in [1.807, 2.05) is 30.3 Å². The highest BCUT2D eigenvalue weighted by Crippen LogP contribution is 2.34. The van der Waals surface area contributed by atoms with Gasteiger partial charge in [0.15, 0.2) is 0 Å². The minimum Gasteiger partial charge on any atom is -0.497 e. The molecule has 2 aromatic carbocycles. The molecule has 0 aliphatic rings. The molecular weight excluding hydrogens is 438 g/mol. The zero-order chi connectivity index (χ0) is 17.7. The summed E-state index contributed by atoms with van der Waals surface area (Å²) in [6.07, 6.45) is 0. The molecule has 0 heterocycles. The fourth-order valence-corrected chi connectivity index (χ4v) is 4.00. The van der Waals surface area contributed by atoms with Gasteiger partial charge in [0.25, 0.3) is 0 Å². The van der Waals surface area contributed by atoms with Crippen molar-refractivity contribution < 1.29 is 14.2 Å². The Morgan fingerprint density at radius 3 is 2.38 bits per heavy atom. The molecule has 6 heteroatoms.